The van der Waals surface area contributed by atoms with Gasteiger partial charge in [0.05, 0.1) is 7.11 Å². The van der Waals surface area contributed by atoms with Gasteiger partial charge >= 0.3 is 5.97 Å². The Morgan fingerprint density at radius 3 is 2.37 bits per heavy atom. The van der Waals surface area contributed by atoms with Crippen molar-refractivity contribution in [1.29, 1.82) is 0 Å². The van der Waals surface area contributed by atoms with Crippen molar-refractivity contribution in [3.05, 3.63) is 77.0 Å². The zero-order valence-corrected chi connectivity index (χ0v) is 15.1. The molecule has 0 aliphatic carbocycles. The van der Waals surface area contributed by atoms with Crippen LogP contribution in [-0.4, -0.2) is 33.9 Å². The van der Waals surface area contributed by atoms with E-state index in [1.807, 2.05) is 0 Å². The van der Waals surface area contributed by atoms with Crippen molar-refractivity contribution in [2.24, 2.45) is 0 Å². The molecule has 0 aliphatic heterocycles. The van der Waals surface area contributed by atoms with Gasteiger partial charge < -0.3 is 9.84 Å². The molecule has 1 aromatic heterocycles. The summed E-state index contributed by atoms with van der Waals surface area (Å²) >= 11 is 5.86. The van der Waals surface area contributed by atoms with Crippen LogP contribution in [0.4, 0.5) is 0 Å². The second-order valence-corrected chi connectivity index (χ2v) is 6.03. The highest BCUT2D eigenvalue weighted by Crippen LogP contribution is 2.26. The zero-order chi connectivity index (χ0) is 19.4. The summed E-state index contributed by atoms with van der Waals surface area (Å²) in [4.78, 5) is 23.6. The van der Waals surface area contributed by atoms with Gasteiger partial charge in [0.25, 0.3) is 5.91 Å². The lowest BCUT2D eigenvalue weighted by atomic mass is 10.1. The minimum absolute atomic E-state index is 0.351. The summed E-state index contributed by atoms with van der Waals surface area (Å²) in [6.45, 7) is 0. The Labute approximate surface area is 160 Å². The Bertz CT molecular complexity index is 1010. The molecule has 0 amide bonds. The first-order valence-corrected chi connectivity index (χ1v) is 8.31. The molecule has 0 radical (unpaired) electrons. The Morgan fingerprint density at radius 2 is 1.78 bits per heavy atom. The lowest BCUT2D eigenvalue weighted by molar-refractivity contribution is -0.131. The number of hydrogen-bond acceptors (Lipinski definition) is 4. The molecule has 0 saturated heterocycles. The number of aliphatic carboxylic acids is 1. The number of carbonyl (C=O) groups is 2. The molecule has 27 heavy (non-hydrogen) atoms. The molecule has 6 nitrogen and oxygen atoms in total. The summed E-state index contributed by atoms with van der Waals surface area (Å²) in [7, 11) is 1.57. The standard InChI is InChI=1S/C20H15ClN2O4/c1-27-17-9-4-13(5-10-17)19-15(6-11-18(24)25)12-23(22-19)20(26)14-2-7-16(21)8-3-14/h2-12H,1H3,(H,24,25)/b11-6+. The van der Waals surface area contributed by atoms with Crippen LogP contribution >= 0.6 is 11.6 Å². The molecule has 1 N–H and O–H groups in total. The van der Waals surface area contributed by atoms with Gasteiger partial charge in [0.1, 0.15) is 11.4 Å². The maximum Gasteiger partial charge on any atom is 0.328 e. The van der Waals surface area contributed by atoms with Crippen LogP contribution in [0.1, 0.15) is 15.9 Å². The molecule has 1 heterocycles. The summed E-state index contributed by atoms with van der Waals surface area (Å²) < 4.78 is 6.33. The molecule has 0 aliphatic rings. The smallest absolute Gasteiger partial charge is 0.328 e. The third kappa shape index (κ3) is 4.24. The Hall–Kier alpha value is -3.38. The Kier molecular flexibility index (Phi) is 5.38. The molecule has 0 bridgehead atoms. The average Bonchev–Trinajstić information content (AvgIpc) is 3.10. The first-order valence-electron chi connectivity index (χ1n) is 7.93. The number of carboxylic acid groups (broad SMARTS) is 1. The van der Waals surface area contributed by atoms with E-state index < -0.39 is 5.97 Å². The third-order valence-corrected chi connectivity index (χ3v) is 4.06. The lowest BCUT2D eigenvalue weighted by Gasteiger charge is -2.02. The maximum atomic E-state index is 12.7. The van der Waals surface area contributed by atoms with Gasteiger partial charge in [-0.2, -0.15) is 5.10 Å². The van der Waals surface area contributed by atoms with Crippen LogP contribution < -0.4 is 4.74 Å². The summed E-state index contributed by atoms with van der Waals surface area (Å²) in [5, 5.41) is 13.8. The normalized spacial score (nSPS) is 10.9. The number of ether oxygens (including phenoxy) is 1. The summed E-state index contributed by atoms with van der Waals surface area (Å²) in [6.07, 6.45) is 3.90. The number of methoxy groups -OCH3 is 1. The van der Waals surface area contributed by atoms with Crippen molar-refractivity contribution < 1.29 is 19.4 Å². The quantitative estimate of drug-likeness (QED) is 0.674. The SMILES string of the molecule is COc1ccc(-c2nn(C(=O)c3ccc(Cl)cc3)cc2/C=C/C(=O)O)cc1. The molecule has 3 aromatic rings. The van der Waals surface area contributed by atoms with E-state index in [1.54, 1.807) is 55.6 Å². The Balaban J connectivity index is 2.04. The van der Waals surface area contributed by atoms with E-state index >= 15 is 0 Å². The number of nitrogens with zero attached hydrogens (tertiary/aromatic N) is 2. The van der Waals surface area contributed by atoms with E-state index in [9.17, 15) is 9.59 Å². The largest absolute Gasteiger partial charge is 0.497 e. The van der Waals surface area contributed by atoms with Gasteiger partial charge in [0.15, 0.2) is 0 Å². The van der Waals surface area contributed by atoms with Crippen molar-refractivity contribution in [3.63, 3.8) is 0 Å². The van der Waals surface area contributed by atoms with Crippen LogP contribution in [0.5, 0.6) is 5.75 Å². The monoisotopic (exact) mass is 382 g/mol. The van der Waals surface area contributed by atoms with E-state index in [0.29, 0.717) is 27.6 Å². The molecule has 0 saturated carbocycles. The molecule has 3 rings (SSSR count). The Morgan fingerprint density at radius 1 is 1.11 bits per heavy atom. The highest BCUT2D eigenvalue weighted by atomic mass is 35.5. The number of aromatic nitrogens is 2. The third-order valence-electron chi connectivity index (χ3n) is 3.81. The van der Waals surface area contributed by atoms with Gasteiger partial charge in [-0.05, 0) is 54.6 Å². The predicted octanol–water partition coefficient (Wildman–Crippen LogP) is 4.00. The fourth-order valence-electron chi connectivity index (χ4n) is 2.47. The van der Waals surface area contributed by atoms with Gasteiger partial charge in [-0.1, -0.05) is 11.6 Å². The molecule has 0 spiro atoms. The second-order valence-electron chi connectivity index (χ2n) is 5.59. The van der Waals surface area contributed by atoms with Crippen molar-refractivity contribution in [2.45, 2.75) is 0 Å². The molecule has 0 fully saturated rings. The van der Waals surface area contributed by atoms with Gasteiger partial charge in [-0.15, -0.1) is 0 Å². The van der Waals surface area contributed by atoms with Gasteiger partial charge in [0.2, 0.25) is 0 Å². The number of halogens is 1. The summed E-state index contributed by atoms with van der Waals surface area (Å²) in [6, 6.07) is 13.5. The fraction of sp³-hybridized carbons (Fsp3) is 0.0500. The van der Waals surface area contributed by atoms with Gasteiger partial charge in [0, 0.05) is 34.0 Å². The van der Waals surface area contributed by atoms with E-state index in [1.165, 1.54) is 17.0 Å². The lowest BCUT2D eigenvalue weighted by Crippen LogP contribution is -2.12. The number of hydrogen-bond donors (Lipinski definition) is 1. The first-order chi connectivity index (χ1) is 13.0. The van der Waals surface area contributed by atoms with E-state index in [4.69, 9.17) is 21.4 Å². The number of carbonyl (C=O) groups excluding carboxylic acids is 1. The highest BCUT2D eigenvalue weighted by molar-refractivity contribution is 6.30. The second kappa shape index (κ2) is 7.88. The number of carboxylic acids is 1. The minimum atomic E-state index is -1.09. The van der Waals surface area contributed by atoms with Crippen LogP contribution in [0.3, 0.4) is 0 Å². The van der Waals surface area contributed by atoms with Crippen molar-refractivity contribution in [2.75, 3.05) is 7.11 Å². The van der Waals surface area contributed by atoms with E-state index in [2.05, 4.69) is 5.10 Å². The predicted molar refractivity (Wildman–Crippen MR) is 102 cm³/mol. The van der Waals surface area contributed by atoms with Crippen LogP contribution in [-0.2, 0) is 4.79 Å². The van der Waals surface area contributed by atoms with Crippen LogP contribution in [0, 0.1) is 0 Å². The molecular weight excluding hydrogens is 368 g/mol. The van der Waals surface area contributed by atoms with E-state index in [0.717, 1.165) is 11.6 Å². The van der Waals surface area contributed by atoms with Crippen LogP contribution in [0.2, 0.25) is 5.02 Å². The first kappa shape index (κ1) is 18.4. The van der Waals surface area contributed by atoms with Gasteiger partial charge in [-0.3, -0.25) is 4.79 Å². The number of rotatable bonds is 5. The highest BCUT2D eigenvalue weighted by Gasteiger charge is 2.15. The zero-order valence-electron chi connectivity index (χ0n) is 14.3. The fourth-order valence-corrected chi connectivity index (χ4v) is 2.60. The molecular formula is C20H15ClN2O4. The van der Waals surface area contributed by atoms with Crippen LogP contribution in [0.15, 0.2) is 60.8 Å². The van der Waals surface area contributed by atoms with Gasteiger partial charge in [-0.25, -0.2) is 9.48 Å². The molecule has 0 unspecified atom stereocenters. The molecule has 0 atom stereocenters. The molecule has 136 valence electrons. The van der Waals surface area contributed by atoms with Crippen LogP contribution in [0.25, 0.3) is 17.3 Å². The van der Waals surface area contributed by atoms with Crippen molar-refractivity contribution >= 4 is 29.6 Å². The van der Waals surface area contributed by atoms with Crippen molar-refractivity contribution in [1.82, 2.24) is 9.78 Å². The topological polar surface area (TPSA) is 81.4 Å². The molecule has 2 aromatic carbocycles. The van der Waals surface area contributed by atoms with Crippen molar-refractivity contribution in [3.8, 4) is 17.0 Å². The molecule has 7 heteroatoms. The summed E-state index contributed by atoms with van der Waals surface area (Å²) in [5.74, 6) is -0.762. The summed E-state index contributed by atoms with van der Waals surface area (Å²) in [5.41, 5.74) is 2.13. The maximum absolute atomic E-state index is 12.7. The van der Waals surface area contributed by atoms with E-state index in [-0.39, 0.29) is 5.91 Å². The number of benzene rings is 2. The average molecular weight is 383 g/mol. The minimum Gasteiger partial charge on any atom is -0.497 e.